The summed E-state index contributed by atoms with van der Waals surface area (Å²) in [6.07, 6.45) is 0. The first-order chi connectivity index (χ1) is 8.56. The van der Waals surface area contributed by atoms with Crippen molar-refractivity contribution in [2.24, 2.45) is 0 Å². The minimum absolute atomic E-state index is 0.0108. The van der Waals surface area contributed by atoms with Crippen LogP contribution in [0.15, 0.2) is 12.1 Å². The summed E-state index contributed by atoms with van der Waals surface area (Å²) in [4.78, 5) is 5.31. The van der Waals surface area contributed by atoms with Crippen molar-refractivity contribution in [1.82, 2.24) is 4.98 Å². The lowest BCUT2D eigenvalue weighted by Gasteiger charge is -2.10. The number of hydrogen-bond donors (Lipinski definition) is 1. The maximum absolute atomic E-state index is 9.44. The van der Waals surface area contributed by atoms with Gasteiger partial charge in [0.25, 0.3) is 5.19 Å². The molecule has 3 nitrogen and oxygen atoms in total. The zero-order valence-corrected chi connectivity index (χ0v) is 11.9. The van der Waals surface area contributed by atoms with Gasteiger partial charge in [-0.05, 0) is 31.9 Å². The van der Waals surface area contributed by atoms with E-state index in [-0.39, 0.29) is 6.61 Å². The van der Waals surface area contributed by atoms with E-state index in [0.29, 0.717) is 5.19 Å². The molecule has 2 rings (SSSR count). The van der Waals surface area contributed by atoms with Gasteiger partial charge in [0.1, 0.15) is 0 Å². The van der Waals surface area contributed by atoms with Crippen LogP contribution in [0, 0.1) is 20.8 Å². The molecule has 0 aliphatic rings. The number of aliphatic hydroxyl groups is 1. The van der Waals surface area contributed by atoms with Gasteiger partial charge in [-0.25, -0.2) is 4.98 Å². The van der Waals surface area contributed by atoms with Crippen LogP contribution in [0.2, 0.25) is 0 Å². The standard InChI is InChI=1S/C14H17NO2S/c1-8-5-9(2)12(10(3)6-8)13-11(7-16)18-14(15-13)17-4/h5-6,16H,7H2,1-4H3. The lowest BCUT2D eigenvalue weighted by Crippen LogP contribution is -1.93. The molecule has 0 atom stereocenters. The second kappa shape index (κ2) is 5.08. The first-order valence-corrected chi connectivity index (χ1v) is 6.61. The van der Waals surface area contributed by atoms with Crippen LogP contribution in [-0.2, 0) is 6.61 Å². The number of thiazole rings is 1. The van der Waals surface area contributed by atoms with Crippen molar-refractivity contribution in [2.45, 2.75) is 27.4 Å². The van der Waals surface area contributed by atoms with Gasteiger partial charge in [0, 0.05) is 5.56 Å². The Bertz CT molecular complexity index is 552. The lowest BCUT2D eigenvalue weighted by molar-refractivity contribution is 0.286. The van der Waals surface area contributed by atoms with Crippen molar-refractivity contribution in [3.05, 3.63) is 33.7 Å². The average Bonchev–Trinajstić information content (AvgIpc) is 2.71. The maximum atomic E-state index is 9.44. The van der Waals surface area contributed by atoms with E-state index in [4.69, 9.17) is 4.74 Å². The van der Waals surface area contributed by atoms with E-state index in [1.165, 1.54) is 28.0 Å². The molecule has 1 aromatic heterocycles. The SMILES string of the molecule is COc1nc(-c2c(C)cc(C)cc2C)c(CO)s1. The van der Waals surface area contributed by atoms with E-state index in [1.54, 1.807) is 7.11 Å². The molecule has 1 N–H and O–H groups in total. The molecule has 1 heterocycles. The molecule has 0 radical (unpaired) electrons. The number of aliphatic hydroxyl groups excluding tert-OH is 1. The van der Waals surface area contributed by atoms with Gasteiger partial charge in [-0.1, -0.05) is 29.0 Å². The van der Waals surface area contributed by atoms with Crippen molar-refractivity contribution >= 4 is 11.3 Å². The molecule has 2 aromatic rings. The Balaban J connectivity index is 2.64. The van der Waals surface area contributed by atoms with E-state index in [0.717, 1.165) is 16.1 Å². The normalized spacial score (nSPS) is 10.7. The predicted molar refractivity (Wildman–Crippen MR) is 74.2 cm³/mol. The minimum Gasteiger partial charge on any atom is -0.473 e. The molecule has 0 bridgehead atoms. The van der Waals surface area contributed by atoms with E-state index in [1.807, 2.05) is 0 Å². The van der Waals surface area contributed by atoms with Crippen molar-refractivity contribution in [3.63, 3.8) is 0 Å². The molecule has 1 aromatic carbocycles. The molecule has 0 aliphatic heterocycles. The lowest BCUT2D eigenvalue weighted by atomic mass is 9.97. The summed E-state index contributed by atoms with van der Waals surface area (Å²) in [7, 11) is 1.60. The number of ether oxygens (including phenoxy) is 1. The monoisotopic (exact) mass is 263 g/mol. The van der Waals surface area contributed by atoms with E-state index in [2.05, 4.69) is 37.9 Å². The Morgan fingerprint density at radius 1 is 1.22 bits per heavy atom. The van der Waals surface area contributed by atoms with Crippen molar-refractivity contribution < 1.29 is 9.84 Å². The van der Waals surface area contributed by atoms with Crippen LogP contribution in [0.25, 0.3) is 11.3 Å². The summed E-state index contributed by atoms with van der Waals surface area (Å²) in [5.41, 5.74) is 5.53. The van der Waals surface area contributed by atoms with Gasteiger partial charge in [-0.15, -0.1) is 0 Å². The van der Waals surface area contributed by atoms with Crippen LogP contribution in [0.4, 0.5) is 0 Å². The third kappa shape index (κ3) is 2.26. The second-order valence-corrected chi connectivity index (χ2v) is 5.43. The molecule has 0 spiro atoms. The summed E-state index contributed by atoms with van der Waals surface area (Å²) in [5.74, 6) is 0. The number of rotatable bonds is 3. The summed E-state index contributed by atoms with van der Waals surface area (Å²) >= 11 is 1.39. The fourth-order valence-corrected chi connectivity index (χ4v) is 3.01. The van der Waals surface area contributed by atoms with Crippen LogP contribution in [0.3, 0.4) is 0 Å². The van der Waals surface area contributed by atoms with E-state index in [9.17, 15) is 5.11 Å². The molecule has 96 valence electrons. The smallest absolute Gasteiger partial charge is 0.273 e. The van der Waals surface area contributed by atoms with Crippen LogP contribution in [0.5, 0.6) is 5.19 Å². The quantitative estimate of drug-likeness (QED) is 0.924. The van der Waals surface area contributed by atoms with Gasteiger partial charge in [0.05, 0.1) is 24.3 Å². The zero-order valence-electron chi connectivity index (χ0n) is 11.1. The molecular formula is C14H17NO2S. The van der Waals surface area contributed by atoms with Crippen LogP contribution >= 0.6 is 11.3 Å². The number of hydrogen-bond acceptors (Lipinski definition) is 4. The molecule has 0 aliphatic carbocycles. The molecule has 18 heavy (non-hydrogen) atoms. The first kappa shape index (κ1) is 13.1. The largest absolute Gasteiger partial charge is 0.473 e. The highest BCUT2D eigenvalue weighted by molar-refractivity contribution is 7.13. The number of benzene rings is 1. The molecular weight excluding hydrogens is 246 g/mol. The molecule has 4 heteroatoms. The van der Waals surface area contributed by atoms with Crippen molar-refractivity contribution in [3.8, 4) is 16.5 Å². The fraction of sp³-hybridized carbons (Fsp3) is 0.357. The highest BCUT2D eigenvalue weighted by Crippen LogP contribution is 2.36. The van der Waals surface area contributed by atoms with E-state index >= 15 is 0 Å². The van der Waals surface area contributed by atoms with Crippen LogP contribution < -0.4 is 4.74 Å². The molecule has 0 saturated carbocycles. The van der Waals surface area contributed by atoms with Crippen LogP contribution in [0.1, 0.15) is 21.6 Å². The Morgan fingerprint density at radius 2 is 1.83 bits per heavy atom. The first-order valence-electron chi connectivity index (χ1n) is 5.79. The third-order valence-corrected chi connectivity index (χ3v) is 3.91. The van der Waals surface area contributed by atoms with Gasteiger partial charge < -0.3 is 9.84 Å². The number of aryl methyl sites for hydroxylation is 3. The Kier molecular flexibility index (Phi) is 3.68. The van der Waals surface area contributed by atoms with E-state index < -0.39 is 0 Å². The molecule has 0 saturated heterocycles. The van der Waals surface area contributed by atoms with Crippen LogP contribution in [-0.4, -0.2) is 17.2 Å². The van der Waals surface area contributed by atoms with Crippen molar-refractivity contribution in [2.75, 3.05) is 7.11 Å². The number of methoxy groups -OCH3 is 1. The summed E-state index contributed by atoms with van der Waals surface area (Å²) in [6, 6.07) is 4.27. The zero-order chi connectivity index (χ0) is 13.3. The van der Waals surface area contributed by atoms with Gasteiger partial charge in [-0.2, -0.15) is 0 Å². The van der Waals surface area contributed by atoms with Gasteiger partial charge >= 0.3 is 0 Å². The molecule has 0 unspecified atom stereocenters. The van der Waals surface area contributed by atoms with Gasteiger partial charge in [0.15, 0.2) is 0 Å². The van der Waals surface area contributed by atoms with Gasteiger partial charge in [-0.3, -0.25) is 0 Å². The Labute approximate surface area is 111 Å². The van der Waals surface area contributed by atoms with Gasteiger partial charge in [0.2, 0.25) is 0 Å². The maximum Gasteiger partial charge on any atom is 0.273 e. The summed E-state index contributed by atoms with van der Waals surface area (Å²) < 4.78 is 5.16. The summed E-state index contributed by atoms with van der Waals surface area (Å²) in [5, 5.41) is 10.0. The minimum atomic E-state index is -0.0108. The molecule has 0 amide bonds. The molecule has 0 fully saturated rings. The van der Waals surface area contributed by atoms with Crippen molar-refractivity contribution in [1.29, 1.82) is 0 Å². The highest BCUT2D eigenvalue weighted by Gasteiger charge is 2.16. The summed E-state index contributed by atoms with van der Waals surface area (Å²) in [6.45, 7) is 6.21. The topological polar surface area (TPSA) is 42.4 Å². The third-order valence-electron chi connectivity index (χ3n) is 2.91. The second-order valence-electron chi connectivity index (χ2n) is 4.39. The Hall–Kier alpha value is -1.39. The number of aromatic nitrogens is 1. The average molecular weight is 263 g/mol. The Morgan fingerprint density at radius 3 is 2.33 bits per heavy atom. The fourth-order valence-electron chi connectivity index (χ4n) is 2.27. The predicted octanol–water partition coefficient (Wildman–Crippen LogP) is 3.24. The number of nitrogens with zero attached hydrogens (tertiary/aromatic N) is 1. The highest BCUT2D eigenvalue weighted by atomic mass is 32.1.